The summed E-state index contributed by atoms with van der Waals surface area (Å²) in [5, 5.41) is 12.0. The number of carbonyl (C=O) groups excluding carboxylic acids is 1. The zero-order valence-corrected chi connectivity index (χ0v) is 19.9. The van der Waals surface area contributed by atoms with Crippen LogP contribution in [0.3, 0.4) is 0 Å². The van der Waals surface area contributed by atoms with Gasteiger partial charge in [-0.15, -0.1) is 0 Å². The second-order valence-corrected chi connectivity index (χ2v) is 9.61. The lowest BCUT2D eigenvalue weighted by Gasteiger charge is -2.19. The van der Waals surface area contributed by atoms with E-state index in [1.165, 1.54) is 0 Å². The molecule has 0 atom stereocenters. The van der Waals surface area contributed by atoms with Crippen molar-refractivity contribution >= 4 is 22.8 Å². The number of ether oxygens (including phenoxy) is 2. The van der Waals surface area contributed by atoms with Gasteiger partial charge in [0.05, 0.1) is 22.8 Å². The van der Waals surface area contributed by atoms with E-state index in [0.717, 1.165) is 5.56 Å². The van der Waals surface area contributed by atoms with Gasteiger partial charge in [-0.05, 0) is 38.1 Å². The number of nitrogens with zero attached hydrogens (tertiary/aromatic N) is 4. The summed E-state index contributed by atoms with van der Waals surface area (Å²) in [4.78, 5) is 18.2. The van der Waals surface area contributed by atoms with Crippen molar-refractivity contribution in [2.45, 2.75) is 46.1 Å². The van der Waals surface area contributed by atoms with Crippen LogP contribution in [0, 0.1) is 0 Å². The molecule has 1 aliphatic heterocycles. The Labute approximate surface area is 197 Å². The molecule has 0 radical (unpaired) electrons. The summed E-state index contributed by atoms with van der Waals surface area (Å²) in [5.74, 6) is 2.08. The van der Waals surface area contributed by atoms with E-state index >= 15 is 0 Å². The molecule has 1 amide bonds. The molecule has 5 rings (SSSR count). The maximum absolute atomic E-state index is 13.4. The van der Waals surface area contributed by atoms with Crippen LogP contribution in [0.4, 0.5) is 5.82 Å². The number of nitrogens with one attached hydrogen (secondary N) is 1. The molecule has 0 spiro atoms. The number of benzene rings is 1. The molecule has 0 saturated carbocycles. The third-order valence-corrected chi connectivity index (χ3v) is 5.63. The monoisotopic (exact) mass is 461 g/mol. The molecule has 0 bridgehead atoms. The molecule has 176 valence electrons. The Morgan fingerprint density at radius 1 is 1.09 bits per heavy atom. The third kappa shape index (κ3) is 3.98. The molecular formula is C25H27N5O4. The van der Waals surface area contributed by atoms with Crippen molar-refractivity contribution in [3.8, 4) is 22.8 Å². The van der Waals surface area contributed by atoms with Crippen LogP contribution in [0.25, 0.3) is 22.3 Å². The van der Waals surface area contributed by atoms with Gasteiger partial charge in [0.25, 0.3) is 5.91 Å². The fraction of sp³-hybridized carbons (Fsp3) is 0.360. The molecule has 1 N–H and O–H groups in total. The molecule has 1 aliphatic rings. The highest BCUT2D eigenvalue weighted by Gasteiger charge is 2.23. The smallest absolute Gasteiger partial charge is 0.257 e. The van der Waals surface area contributed by atoms with Gasteiger partial charge in [-0.1, -0.05) is 25.9 Å². The van der Waals surface area contributed by atoms with Crippen LogP contribution in [-0.2, 0) is 5.41 Å². The van der Waals surface area contributed by atoms with E-state index in [1.807, 2.05) is 52.8 Å². The summed E-state index contributed by atoms with van der Waals surface area (Å²) < 4.78 is 18.6. The first-order chi connectivity index (χ1) is 16.2. The van der Waals surface area contributed by atoms with Crippen molar-refractivity contribution < 1.29 is 18.8 Å². The van der Waals surface area contributed by atoms with Gasteiger partial charge >= 0.3 is 0 Å². The standard InChI is InChI=1S/C25H27N5O4/c1-14(2)30-23-17(13-26-30)16(24(31)28-22-12-21(34-29-22)25(3,4)5)11-18(27-23)15-6-7-19-20(10-15)33-9-8-32-19/h6-7,10-14H,8-9H2,1-5H3,(H,28,29,31). The fourth-order valence-electron chi connectivity index (χ4n) is 3.81. The normalized spacial score (nSPS) is 13.5. The molecular weight excluding hydrogens is 434 g/mol. The molecule has 9 nitrogen and oxygen atoms in total. The largest absolute Gasteiger partial charge is 0.486 e. The lowest BCUT2D eigenvalue weighted by molar-refractivity contribution is 0.102. The minimum absolute atomic E-state index is 0.0707. The molecule has 0 unspecified atom stereocenters. The van der Waals surface area contributed by atoms with Gasteiger partial charge in [-0.2, -0.15) is 5.10 Å². The molecule has 4 aromatic rings. The highest BCUT2D eigenvalue weighted by atomic mass is 16.6. The van der Waals surface area contributed by atoms with Gasteiger partial charge in [0.1, 0.15) is 19.0 Å². The number of carbonyl (C=O) groups is 1. The first-order valence-electron chi connectivity index (χ1n) is 11.3. The minimum Gasteiger partial charge on any atom is -0.486 e. The maximum Gasteiger partial charge on any atom is 0.257 e. The second-order valence-electron chi connectivity index (χ2n) is 9.61. The average Bonchev–Trinajstić information content (AvgIpc) is 3.45. The van der Waals surface area contributed by atoms with Gasteiger partial charge < -0.3 is 19.3 Å². The van der Waals surface area contributed by atoms with E-state index in [9.17, 15) is 4.79 Å². The van der Waals surface area contributed by atoms with Crippen LogP contribution in [-0.4, -0.2) is 39.0 Å². The molecule has 3 aromatic heterocycles. The molecule has 4 heterocycles. The highest BCUT2D eigenvalue weighted by molar-refractivity contribution is 6.12. The van der Waals surface area contributed by atoms with Gasteiger partial charge in [0.15, 0.2) is 23.0 Å². The van der Waals surface area contributed by atoms with Crippen molar-refractivity contribution in [1.82, 2.24) is 19.9 Å². The van der Waals surface area contributed by atoms with Gasteiger partial charge in [-0.25, -0.2) is 9.67 Å². The number of rotatable bonds is 4. The maximum atomic E-state index is 13.4. The lowest BCUT2D eigenvalue weighted by atomic mass is 9.93. The summed E-state index contributed by atoms with van der Waals surface area (Å²) in [6.45, 7) is 11.1. The van der Waals surface area contributed by atoms with Gasteiger partial charge in [-0.3, -0.25) is 4.79 Å². The predicted octanol–water partition coefficient (Wildman–Crippen LogP) is 4.99. The summed E-state index contributed by atoms with van der Waals surface area (Å²) in [6, 6.07) is 9.23. The Bertz CT molecular complexity index is 1380. The third-order valence-electron chi connectivity index (χ3n) is 5.63. The van der Waals surface area contributed by atoms with E-state index in [-0.39, 0.29) is 17.4 Å². The Morgan fingerprint density at radius 2 is 1.85 bits per heavy atom. The summed E-state index contributed by atoms with van der Waals surface area (Å²) in [6.07, 6.45) is 1.67. The molecule has 0 fully saturated rings. The predicted molar refractivity (Wildman–Crippen MR) is 127 cm³/mol. The van der Waals surface area contributed by atoms with Crippen LogP contribution in [0.2, 0.25) is 0 Å². The molecule has 34 heavy (non-hydrogen) atoms. The number of aromatic nitrogens is 4. The van der Waals surface area contributed by atoms with E-state index in [1.54, 1.807) is 23.0 Å². The van der Waals surface area contributed by atoms with Crippen LogP contribution >= 0.6 is 0 Å². The number of hydrogen-bond donors (Lipinski definition) is 1. The SMILES string of the molecule is CC(C)n1ncc2c(C(=O)Nc3cc(C(C)(C)C)on3)cc(-c3ccc4c(c3)OCCO4)nc21. The molecule has 0 aliphatic carbocycles. The first-order valence-corrected chi connectivity index (χ1v) is 11.3. The van der Waals surface area contributed by atoms with Crippen LogP contribution in [0.15, 0.2) is 41.1 Å². The zero-order valence-electron chi connectivity index (χ0n) is 19.9. The molecule has 0 saturated heterocycles. The highest BCUT2D eigenvalue weighted by Crippen LogP contribution is 2.35. The van der Waals surface area contributed by atoms with Gasteiger partial charge in [0.2, 0.25) is 0 Å². The number of fused-ring (bicyclic) bond motifs is 2. The van der Waals surface area contributed by atoms with Crippen molar-refractivity contribution in [2.24, 2.45) is 0 Å². The lowest BCUT2D eigenvalue weighted by Crippen LogP contribution is -2.15. The van der Waals surface area contributed by atoms with Crippen molar-refractivity contribution in [1.29, 1.82) is 0 Å². The fourth-order valence-corrected chi connectivity index (χ4v) is 3.81. The Kier molecular flexibility index (Phi) is 5.27. The topological polar surface area (TPSA) is 104 Å². The number of hydrogen-bond acceptors (Lipinski definition) is 7. The Balaban J connectivity index is 1.58. The van der Waals surface area contributed by atoms with Crippen LogP contribution < -0.4 is 14.8 Å². The van der Waals surface area contributed by atoms with Crippen molar-refractivity contribution in [3.05, 3.63) is 47.9 Å². The van der Waals surface area contributed by atoms with Crippen LogP contribution in [0.5, 0.6) is 11.5 Å². The zero-order chi connectivity index (χ0) is 24.0. The quantitative estimate of drug-likeness (QED) is 0.457. The Morgan fingerprint density at radius 3 is 2.56 bits per heavy atom. The van der Waals surface area contributed by atoms with Crippen molar-refractivity contribution in [2.75, 3.05) is 18.5 Å². The first kappa shape index (κ1) is 21.9. The summed E-state index contributed by atoms with van der Waals surface area (Å²) >= 11 is 0. The van der Waals surface area contributed by atoms with Crippen molar-refractivity contribution in [3.63, 3.8) is 0 Å². The van der Waals surface area contributed by atoms with E-state index in [0.29, 0.717) is 58.6 Å². The average molecular weight is 462 g/mol. The van der Waals surface area contributed by atoms with E-state index < -0.39 is 0 Å². The number of pyridine rings is 1. The molecule has 1 aromatic carbocycles. The Hall–Kier alpha value is -3.88. The molecule has 9 heteroatoms. The summed E-state index contributed by atoms with van der Waals surface area (Å²) in [5.41, 5.74) is 2.30. The number of anilines is 1. The van der Waals surface area contributed by atoms with Crippen LogP contribution in [0.1, 0.15) is 56.8 Å². The minimum atomic E-state index is -0.316. The second kappa shape index (κ2) is 8.16. The van der Waals surface area contributed by atoms with E-state index in [2.05, 4.69) is 15.6 Å². The van der Waals surface area contributed by atoms with E-state index in [4.69, 9.17) is 19.0 Å². The van der Waals surface area contributed by atoms with Gasteiger partial charge in [0, 0.05) is 23.1 Å². The number of amides is 1. The summed E-state index contributed by atoms with van der Waals surface area (Å²) in [7, 11) is 0.